The Hall–Kier alpha value is -0.720. The molecule has 0 aromatic heterocycles. The predicted molar refractivity (Wildman–Crippen MR) is 79.2 cm³/mol. The Kier molecular flexibility index (Phi) is 5.98. The van der Waals surface area contributed by atoms with E-state index >= 15 is 0 Å². The van der Waals surface area contributed by atoms with Crippen LogP contribution < -0.4 is 10.6 Å². The molecule has 0 bridgehead atoms. The molecule has 0 saturated heterocycles. The van der Waals surface area contributed by atoms with Crippen LogP contribution in [0.1, 0.15) is 6.92 Å². The van der Waals surface area contributed by atoms with Crippen molar-refractivity contribution in [3.63, 3.8) is 0 Å². The maximum Gasteiger partial charge on any atom is 0.247 e. The zero-order valence-electron chi connectivity index (χ0n) is 9.54. The van der Waals surface area contributed by atoms with Crippen molar-refractivity contribution in [1.29, 1.82) is 0 Å². The Labute approximate surface area is 124 Å². The lowest BCUT2D eigenvalue weighted by Crippen LogP contribution is -2.44. The van der Waals surface area contributed by atoms with Crippen LogP contribution in [0, 0.1) is 0 Å². The standard InChI is InChI=1S/C11H12BrClN2O2S/c1-6(16)14-10(5-18)11(17)15-9-4-7(13)2-3-8(9)12/h2-4,10,18H,5H2,1H3,(H,14,16)(H,15,17). The number of nitrogens with one attached hydrogen (secondary N) is 2. The van der Waals surface area contributed by atoms with Crippen LogP contribution in [-0.4, -0.2) is 23.6 Å². The van der Waals surface area contributed by atoms with Crippen molar-refractivity contribution >= 4 is 57.7 Å². The summed E-state index contributed by atoms with van der Waals surface area (Å²) < 4.78 is 0.709. The molecule has 0 radical (unpaired) electrons. The molecule has 0 fully saturated rings. The van der Waals surface area contributed by atoms with Gasteiger partial charge < -0.3 is 10.6 Å². The maximum atomic E-state index is 11.9. The van der Waals surface area contributed by atoms with E-state index in [4.69, 9.17) is 11.6 Å². The van der Waals surface area contributed by atoms with Gasteiger partial charge in [-0.05, 0) is 34.1 Å². The molecule has 1 aromatic rings. The summed E-state index contributed by atoms with van der Waals surface area (Å²) in [4.78, 5) is 22.8. The number of amides is 2. The van der Waals surface area contributed by atoms with Gasteiger partial charge in [0.2, 0.25) is 11.8 Å². The molecule has 0 heterocycles. The quantitative estimate of drug-likeness (QED) is 0.730. The van der Waals surface area contributed by atoms with Crippen molar-refractivity contribution in [2.75, 3.05) is 11.1 Å². The average Bonchev–Trinajstić information content (AvgIpc) is 2.30. The minimum atomic E-state index is -0.684. The van der Waals surface area contributed by atoms with Gasteiger partial charge >= 0.3 is 0 Å². The van der Waals surface area contributed by atoms with Crippen molar-refractivity contribution in [3.8, 4) is 0 Å². The summed E-state index contributed by atoms with van der Waals surface area (Å²) >= 11 is 13.2. The predicted octanol–water partition coefficient (Wildman–Crippen LogP) is 2.48. The van der Waals surface area contributed by atoms with Crippen LogP contribution in [0.3, 0.4) is 0 Å². The fraction of sp³-hybridized carbons (Fsp3) is 0.273. The lowest BCUT2D eigenvalue weighted by Gasteiger charge is -2.16. The van der Waals surface area contributed by atoms with E-state index in [2.05, 4.69) is 39.2 Å². The second kappa shape index (κ2) is 7.01. The van der Waals surface area contributed by atoms with Gasteiger partial charge in [0.1, 0.15) is 6.04 Å². The van der Waals surface area contributed by atoms with E-state index in [9.17, 15) is 9.59 Å². The molecule has 2 N–H and O–H groups in total. The molecule has 0 spiro atoms. The van der Waals surface area contributed by atoms with E-state index in [1.165, 1.54) is 6.92 Å². The van der Waals surface area contributed by atoms with E-state index < -0.39 is 6.04 Å². The molecule has 7 heteroatoms. The molecule has 18 heavy (non-hydrogen) atoms. The SMILES string of the molecule is CC(=O)NC(CS)C(=O)Nc1cc(Cl)ccc1Br. The topological polar surface area (TPSA) is 58.2 Å². The first-order chi connectivity index (χ1) is 8.43. The van der Waals surface area contributed by atoms with Crippen LogP contribution >= 0.6 is 40.2 Å². The molecule has 0 aliphatic heterocycles. The van der Waals surface area contributed by atoms with Gasteiger partial charge in [-0.1, -0.05) is 11.6 Å². The highest BCUT2D eigenvalue weighted by Crippen LogP contribution is 2.25. The average molecular weight is 352 g/mol. The minimum Gasteiger partial charge on any atom is -0.344 e. The number of hydrogen-bond donors (Lipinski definition) is 3. The minimum absolute atomic E-state index is 0.212. The zero-order chi connectivity index (χ0) is 13.7. The molecule has 1 aromatic carbocycles. The van der Waals surface area contributed by atoms with Crippen LogP contribution in [0.5, 0.6) is 0 Å². The lowest BCUT2D eigenvalue weighted by molar-refractivity contribution is -0.124. The molecule has 1 atom stereocenters. The van der Waals surface area contributed by atoms with Gasteiger partial charge in [-0.3, -0.25) is 9.59 Å². The molecule has 0 aliphatic carbocycles. The highest BCUT2D eigenvalue weighted by molar-refractivity contribution is 9.10. The first-order valence-electron chi connectivity index (χ1n) is 5.08. The van der Waals surface area contributed by atoms with Gasteiger partial charge in [0.25, 0.3) is 0 Å². The number of carbonyl (C=O) groups excluding carboxylic acids is 2. The Morgan fingerprint density at radius 3 is 2.72 bits per heavy atom. The normalized spacial score (nSPS) is 11.8. The monoisotopic (exact) mass is 350 g/mol. The maximum absolute atomic E-state index is 11.9. The van der Waals surface area contributed by atoms with Crippen LogP contribution in [0.15, 0.2) is 22.7 Å². The Morgan fingerprint density at radius 2 is 2.17 bits per heavy atom. The van der Waals surface area contributed by atoms with Gasteiger partial charge in [0.15, 0.2) is 0 Å². The van der Waals surface area contributed by atoms with Gasteiger partial charge in [-0.15, -0.1) is 0 Å². The number of benzene rings is 1. The Morgan fingerprint density at radius 1 is 1.50 bits per heavy atom. The first kappa shape index (κ1) is 15.3. The molecule has 0 saturated carbocycles. The van der Waals surface area contributed by atoms with Crippen molar-refractivity contribution < 1.29 is 9.59 Å². The fourth-order valence-corrected chi connectivity index (χ4v) is 2.03. The summed E-state index contributed by atoms with van der Waals surface area (Å²) in [7, 11) is 0. The molecule has 0 aliphatic rings. The molecular formula is C11H12BrClN2O2S. The summed E-state index contributed by atoms with van der Waals surface area (Å²) in [5.74, 6) is -0.415. The summed E-state index contributed by atoms with van der Waals surface area (Å²) in [5.41, 5.74) is 0.546. The molecule has 98 valence electrons. The van der Waals surface area contributed by atoms with Crippen molar-refractivity contribution in [1.82, 2.24) is 5.32 Å². The van der Waals surface area contributed by atoms with Crippen LogP contribution in [0.25, 0.3) is 0 Å². The third-order valence-electron chi connectivity index (χ3n) is 2.06. The number of thiol groups is 1. The van der Waals surface area contributed by atoms with Crippen LogP contribution in [-0.2, 0) is 9.59 Å². The number of halogens is 2. The second-order valence-corrected chi connectivity index (χ2v) is 5.21. The third-order valence-corrected chi connectivity index (χ3v) is 3.35. The fourth-order valence-electron chi connectivity index (χ4n) is 1.25. The molecule has 1 rings (SSSR count). The highest BCUT2D eigenvalue weighted by Gasteiger charge is 2.18. The van der Waals surface area contributed by atoms with Gasteiger partial charge in [-0.25, -0.2) is 0 Å². The number of carbonyl (C=O) groups is 2. The van der Waals surface area contributed by atoms with Gasteiger partial charge in [0.05, 0.1) is 5.69 Å². The van der Waals surface area contributed by atoms with E-state index in [1.807, 2.05) is 0 Å². The molecule has 2 amide bonds. The van der Waals surface area contributed by atoms with Gasteiger partial charge in [-0.2, -0.15) is 12.6 Å². The van der Waals surface area contributed by atoms with E-state index in [1.54, 1.807) is 18.2 Å². The van der Waals surface area contributed by atoms with Crippen molar-refractivity contribution in [2.24, 2.45) is 0 Å². The van der Waals surface area contributed by atoms with Crippen molar-refractivity contribution in [2.45, 2.75) is 13.0 Å². The zero-order valence-corrected chi connectivity index (χ0v) is 12.8. The largest absolute Gasteiger partial charge is 0.344 e. The van der Waals surface area contributed by atoms with E-state index in [0.29, 0.717) is 15.2 Å². The number of anilines is 1. The summed E-state index contributed by atoms with van der Waals surface area (Å²) in [5, 5.41) is 5.69. The smallest absolute Gasteiger partial charge is 0.247 e. The second-order valence-electron chi connectivity index (χ2n) is 3.55. The third kappa shape index (κ3) is 4.51. The van der Waals surface area contributed by atoms with Crippen LogP contribution in [0.2, 0.25) is 5.02 Å². The molecule has 4 nitrogen and oxygen atoms in total. The highest BCUT2D eigenvalue weighted by atomic mass is 79.9. The molecule has 1 unspecified atom stereocenters. The Balaban J connectivity index is 2.79. The van der Waals surface area contributed by atoms with Crippen molar-refractivity contribution in [3.05, 3.63) is 27.7 Å². The Bertz CT molecular complexity index is 470. The van der Waals surface area contributed by atoms with E-state index in [-0.39, 0.29) is 17.6 Å². The van der Waals surface area contributed by atoms with Gasteiger partial charge in [0, 0.05) is 22.2 Å². The lowest BCUT2D eigenvalue weighted by atomic mass is 10.2. The summed E-state index contributed by atoms with van der Waals surface area (Å²) in [6, 6.07) is 4.36. The number of hydrogen-bond acceptors (Lipinski definition) is 3. The number of rotatable bonds is 4. The van der Waals surface area contributed by atoms with Crippen LogP contribution in [0.4, 0.5) is 5.69 Å². The first-order valence-corrected chi connectivity index (χ1v) is 6.88. The summed E-state index contributed by atoms with van der Waals surface area (Å²) in [6.45, 7) is 1.35. The van der Waals surface area contributed by atoms with E-state index in [0.717, 1.165) is 0 Å². The summed E-state index contributed by atoms with van der Waals surface area (Å²) in [6.07, 6.45) is 0. The molecular weight excluding hydrogens is 340 g/mol.